The van der Waals surface area contributed by atoms with Gasteiger partial charge in [-0.2, -0.15) is 11.8 Å². The molecular weight excluding hydrogens is 216 g/mol. The average Bonchev–Trinajstić information content (AvgIpc) is 2.32. The second kappa shape index (κ2) is 6.27. The van der Waals surface area contributed by atoms with Crippen LogP contribution in [-0.4, -0.2) is 29.6 Å². The van der Waals surface area contributed by atoms with Crippen molar-refractivity contribution in [2.45, 2.75) is 74.7 Å². The molecule has 2 atom stereocenters. The van der Waals surface area contributed by atoms with Crippen molar-refractivity contribution in [3.05, 3.63) is 0 Å². The lowest BCUT2D eigenvalue weighted by Crippen LogP contribution is -2.44. The largest absolute Gasteiger partial charge is 0.328 e. The summed E-state index contributed by atoms with van der Waals surface area (Å²) in [5.74, 6) is 0. The van der Waals surface area contributed by atoms with E-state index in [4.69, 9.17) is 5.73 Å². The minimum Gasteiger partial charge on any atom is -0.328 e. The monoisotopic (exact) mass is 242 g/mol. The first-order valence-electron chi connectivity index (χ1n) is 6.82. The molecule has 2 aliphatic carbocycles. The Labute approximate surface area is 104 Å². The van der Waals surface area contributed by atoms with Gasteiger partial charge in [-0.25, -0.2) is 0 Å². The van der Waals surface area contributed by atoms with E-state index in [2.05, 4.69) is 23.3 Å². The van der Waals surface area contributed by atoms with E-state index in [0.717, 1.165) is 17.3 Å². The van der Waals surface area contributed by atoms with Crippen LogP contribution < -0.4 is 11.1 Å². The highest BCUT2D eigenvalue weighted by Gasteiger charge is 2.25. The van der Waals surface area contributed by atoms with Gasteiger partial charge in [0.15, 0.2) is 0 Å². The summed E-state index contributed by atoms with van der Waals surface area (Å²) in [6, 6.07) is 2.01. The molecule has 3 N–H and O–H groups in total. The minimum absolute atomic E-state index is 0.475. The molecule has 2 fully saturated rings. The SMILES string of the molecule is CSC1CCCC(NC2CCC(N)CC2)C1. The van der Waals surface area contributed by atoms with E-state index in [0.29, 0.717) is 6.04 Å². The maximum absolute atomic E-state index is 5.94. The van der Waals surface area contributed by atoms with E-state index in [1.165, 1.54) is 51.4 Å². The quantitative estimate of drug-likeness (QED) is 0.798. The van der Waals surface area contributed by atoms with E-state index >= 15 is 0 Å². The van der Waals surface area contributed by atoms with Gasteiger partial charge >= 0.3 is 0 Å². The normalized spacial score (nSPS) is 40.9. The fraction of sp³-hybridized carbons (Fsp3) is 1.00. The van der Waals surface area contributed by atoms with Crippen molar-refractivity contribution >= 4 is 11.8 Å². The molecule has 0 aromatic heterocycles. The summed E-state index contributed by atoms with van der Waals surface area (Å²) >= 11 is 2.05. The number of nitrogens with two attached hydrogens (primary N) is 1. The van der Waals surface area contributed by atoms with Crippen LogP contribution in [0.4, 0.5) is 0 Å². The van der Waals surface area contributed by atoms with Gasteiger partial charge in [-0.3, -0.25) is 0 Å². The van der Waals surface area contributed by atoms with Gasteiger partial charge in [0.05, 0.1) is 0 Å². The maximum Gasteiger partial charge on any atom is 0.00801 e. The second-order valence-electron chi connectivity index (χ2n) is 5.50. The first-order valence-corrected chi connectivity index (χ1v) is 8.11. The summed E-state index contributed by atoms with van der Waals surface area (Å²) in [6.45, 7) is 0. The lowest BCUT2D eigenvalue weighted by molar-refractivity contribution is 0.281. The summed E-state index contributed by atoms with van der Waals surface area (Å²) in [5.41, 5.74) is 5.94. The molecule has 0 saturated heterocycles. The molecule has 2 aliphatic rings. The van der Waals surface area contributed by atoms with E-state index < -0.39 is 0 Å². The van der Waals surface area contributed by atoms with Crippen LogP contribution in [0.1, 0.15) is 51.4 Å². The van der Waals surface area contributed by atoms with Crippen molar-refractivity contribution in [2.24, 2.45) is 5.73 Å². The minimum atomic E-state index is 0.475. The smallest absolute Gasteiger partial charge is 0.00801 e. The number of hydrogen-bond donors (Lipinski definition) is 2. The highest BCUT2D eigenvalue weighted by molar-refractivity contribution is 7.99. The molecule has 0 heterocycles. The van der Waals surface area contributed by atoms with Gasteiger partial charge in [-0.05, 0) is 51.2 Å². The molecule has 2 unspecified atom stereocenters. The van der Waals surface area contributed by atoms with Crippen molar-refractivity contribution in [1.29, 1.82) is 0 Å². The van der Waals surface area contributed by atoms with Crippen molar-refractivity contribution in [3.8, 4) is 0 Å². The second-order valence-corrected chi connectivity index (χ2v) is 6.64. The molecule has 16 heavy (non-hydrogen) atoms. The first-order chi connectivity index (χ1) is 7.78. The lowest BCUT2D eigenvalue weighted by atomic mass is 9.89. The lowest BCUT2D eigenvalue weighted by Gasteiger charge is -2.34. The molecule has 0 amide bonds. The molecule has 2 saturated carbocycles. The van der Waals surface area contributed by atoms with Crippen LogP contribution in [0, 0.1) is 0 Å². The zero-order valence-electron chi connectivity index (χ0n) is 10.5. The van der Waals surface area contributed by atoms with Crippen molar-refractivity contribution in [1.82, 2.24) is 5.32 Å². The van der Waals surface area contributed by atoms with Gasteiger partial charge < -0.3 is 11.1 Å². The zero-order chi connectivity index (χ0) is 11.4. The average molecular weight is 242 g/mol. The van der Waals surface area contributed by atoms with E-state index in [-0.39, 0.29) is 0 Å². The summed E-state index contributed by atoms with van der Waals surface area (Å²) in [6.07, 6.45) is 12.9. The van der Waals surface area contributed by atoms with Crippen LogP contribution in [0.25, 0.3) is 0 Å². The molecule has 2 rings (SSSR count). The summed E-state index contributed by atoms with van der Waals surface area (Å²) in [4.78, 5) is 0. The molecule has 0 aromatic rings. The predicted octanol–water partition coefficient (Wildman–Crippen LogP) is 2.52. The number of hydrogen-bond acceptors (Lipinski definition) is 3. The summed E-state index contributed by atoms with van der Waals surface area (Å²) < 4.78 is 0. The third-order valence-electron chi connectivity index (χ3n) is 4.20. The van der Waals surface area contributed by atoms with Crippen molar-refractivity contribution in [3.63, 3.8) is 0 Å². The topological polar surface area (TPSA) is 38.0 Å². The Morgan fingerprint density at radius 1 is 1.00 bits per heavy atom. The van der Waals surface area contributed by atoms with Gasteiger partial charge in [0, 0.05) is 23.4 Å². The van der Waals surface area contributed by atoms with Gasteiger partial charge in [-0.1, -0.05) is 6.42 Å². The van der Waals surface area contributed by atoms with Crippen LogP contribution in [-0.2, 0) is 0 Å². The fourth-order valence-electron chi connectivity index (χ4n) is 3.13. The highest BCUT2D eigenvalue weighted by Crippen LogP contribution is 2.28. The Kier molecular flexibility index (Phi) is 4.98. The molecule has 3 heteroatoms. The van der Waals surface area contributed by atoms with Gasteiger partial charge in [0.25, 0.3) is 0 Å². The molecule has 94 valence electrons. The Morgan fingerprint density at radius 2 is 1.75 bits per heavy atom. The van der Waals surface area contributed by atoms with Crippen LogP contribution >= 0.6 is 11.8 Å². The molecule has 2 nitrogen and oxygen atoms in total. The van der Waals surface area contributed by atoms with Gasteiger partial charge in [0.2, 0.25) is 0 Å². The van der Waals surface area contributed by atoms with Gasteiger partial charge in [0.1, 0.15) is 0 Å². The van der Waals surface area contributed by atoms with E-state index in [9.17, 15) is 0 Å². The number of nitrogens with one attached hydrogen (secondary N) is 1. The van der Waals surface area contributed by atoms with Crippen LogP contribution in [0.5, 0.6) is 0 Å². The fourth-order valence-corrected chi connectivity index (χ4v) is 3.96. The van der Waals surface area contributed by atoms with E-state index in [1.54, 1.807) is 0 Å². The maximum atomic E-state index is 5.94. The van der Waals surface area contributed by atoms with Crippen LogP contribution in [0.2, 0.25) is 0 Å². The van der Waals surface area contributed by atoms with Crippen LogP contribution in [0.15, 0.2) is 0 Å². The first kappa shape index (κ1) is 12.7. The third kappa shape index (κ3) is 3.64. The zero-order valence-corrected chi connectivity index (χ0v) is 11.3. The standard InChI is InChI=1S/C13H26N2S/c1-16-13-4-2-3-12(9-13)15-11-7-5-10(14)6-8-11/h10-13,15H,2-9,14H2,1H3. The molecule has 0 aliphatic heterocycles. The Hall–Kier alpha value is 0.270. The number of rotatable bonds is 3. The Balaban J connectivity index is 1.72. The van der Waals surface area contributed by atoms with Crippen molar-refractivity contribution < 1.29 is 0 Å². The van der Waals surface area contributed by atoms with Crippen LogP contribution in [0.3, 0.4) is 0 Å². The Morgan fingerprint density at radius 3 is 2.44 bits per heavy atom. The van der Waals surface area contributed by atoms with Crippen molar-refractivity contribution in [2.75, 3.05) is 6.26 Å². The molecule has 0 bridgehead atoms. The van der Waals surface area contributed by atoms with E-state index in [1.807, 2.05) is 0 Å². The molecule has 0 spiro atoms. The molecule has 0 radical (unpaired) electrons. The van der Waals surface area contributed by atoms with Gasteiger partial charge in [-0.15, -0.1) is 0 Å². The highest BCUT2D eigenvalue weighted by atomic mass is 32.2. The predicted molar refractivity (Wildman–Crippen MR) is 72.9 cm³/mol. The third-order valence-corrected chi connectivity index (χ3v) is 5.30. The summed E-state index contributed by atoms with van der Waals surface area (Å²) in [7, 11) is 0. The Bertz CT molecular complexity index is 202. The number of thioether (sulfide) groups is 1. The molecule has 0 aromatic carbocycles. The summed E-state index contributed by atoms with van der Waals surface area (Å²) in [5, 5.41) is 4.77. The molecular formula is C13H26N2S.